The SMILES string of the molecule is O=C(NCc1ccccc1CO)Nc1cccc(-c2nccs2)c1. The third kappa shape index (κ3) is 3.98. The number of nitrogens with zero attached hydrogens (tertiary/aromatic N) is 1. The summed E-state index contributed by atoms with van der Waals surface area (Å²) in [4.78, 5) is 16.4. The number of aromatic nitrogens is 1. The molecule has 2 amide bonds. The standard InChI is InChI=1S/C18H17N3O2S/c22-12-15-5-2-1-4-14(15)11-20-18(23)21-16-7-3-6-13(10-16)17-19-8-9-24-17/h1-10,22H,11-12H2,(H2,20,21,23). The lowest BCUT2D eigenvalue weighted by Gasteiger charge is -2.10. The third-order valence-electron chi connectivity index (χ3n) is 3.53. The molecule has 24 heavy (non-hydrogen) atoms. The van der Waals surface area contributed by atoms with Crippen molar-refractivity contribution in [3.05, 3.63) is 71.2 Å². The van der Waals surface area contributed by atoms with Crippen LogP contribution in [-0.4, -0.2) is 16.1 Å². The molecule has 1 aromatic heterocycles. The van der Waals surface area contributed by atoms with Crippen molar-refractivity contribution in [2.45, 2.75) is 13.2 Å². The predicted molar refractivity (Wildman–Crippen MR) is 95.8 cm³/mol. The number of amides is 2. The van der Waals surface area contributed by atoms with E-state index in [4.69, 9.17) is 0 Å². The highest BCUT2D eigenvalue weighted by molar-refractivity contribution is 7.13. The van der Waals surface area contributed by atoms with Crippen molar-refractivity contribution >= 4 is 23.1 Å². The molecule has 2 aromatic carbocycles. The molecule has 0 bridgehead atoms. The Morgan fingerprint density at radius 3 is 2.71 bits per heavy atom. The summed E-state index contributed by atoms with van der Waals surface area (Å²) >= 11 is 1.55. The number of benzene rings is 2. The molecular weight excluding hydrogens is 322 g/mol. The molecule has 0 saturated carbocycles. The zero-order chi connectivity index (χ0) is 16.8. The number of nitrogens with one attached hydrogen (secondary N) is 2. The van der Waals surface area contributed by atoms with E-state index < -0.39 is 0 Å². The normalized spacial score (nSPS) is 10.4. The van der Waals surface area contributed by atoms with E-state index in [1.807, 2.05) is 53.9 Å². The van der Waals surface area contributed by atoms with E-state index in [1.54, 1.807) is 17.5 Å². The lowest BCUT2D eigenvalue weighted by Crippen LogP contribution is -2.28. The Bertz CT molecular complexity index is 819. The summed E-state index contributed by atoms with van der Waals surface area (Å²) in [5.74, 6) is 0. The van der Waals surface area contributed by atoms with E-state index >= 15 is 0 Å². The average Bonchev–Trinajstić information content (AvgIpc) is 3.15. The summed E-state index contributed by atoms with van der Waals surface area (Å²) in [7, 11) is 0. The number of aliphatic hydroxyl groups is 1. The molecule has 3 N–H and O–H groups in total. The van der Waals surface area contributed by atoms with Gasteiger partial charge in [0.2, 0.25) is 0 Å². The van der Waals surface area contributed by atoms with Crippen LogP contribution >= 0.6 is 11.3 Å². The molecule has 122 valence electrons. The van der Waals surface area contributed by atoms with Gasteiger partial charge >= 0.3 is 6.03 Å². The van der Waals surface area contributed by atoms with Crippen LogP contribution in [0.4, 0.5) is 10.5 Å². The Morgan fingerprint density at radius 1 is 1.12 bits per heavy atom. The average molecular weight is 339 g/mol. The molecule has 0 aliphatic rings. The maximum absolute atomic E-state index is 12.1. The fourth-order valence-corrected chi connectivity index (χ4v) is 2.97. The topological polar surface area (TPSA) is 74.2 Å². The first-order chi connectivity index (χ1) is 11.8. The van der Waals surface area contributed by atoms with Crippen molar-refractivity contribution in [3.8, 4) is 10.6 Å². The van der Waals surface area contributed by atoms with E-state index in [0.717, 1.165) is 21.7 Å². The molecule has 3 rings (SSSR count). The number of anilines is 1. The van der Waals surface area contributed by atoms with Gasteiger partial charge in [-0.2, -0.15) is 0 Å². The van der Waals surface area contributed by atoms with Crippen LogP contribution in [0.5, 0.6) is 0 Å². The van der Waals surface area contributed by atoms with Gasteiger partial charge in [0.15, 0.2) is 0 Å². The summed E-state index contributed by atoms with van der Waals surface area (Å²) in [5.41, 5.74) is 3.37. The quantitative estimate of drug-likeness (QED) is 0.664. The summed E-state index contributed by atoms with van der Waals surface area (Å²) < 4.78 is 0. The Balaban J connectivity index is 1.62. The minimum atomic E-state index is -0.293. The van der Waals surface area contributed by atoms with Gasteiger partial charge in [-0.15, -0.1) is 11.3 Å². The zero-order valence-electron chi connectivity index (χ0n) is 12.9. The Hall–Kier alpha value is -2.70. The lowest BCUT2D eigenvalue weighted by molar-refractivity contribution is 0.251. The molecule has 0 aliphatic heterocycles. The summed E-state index contributed by atoms with van der Waals surface area (Å²) in [6, 6.07) is 14.7. The van der Waals surface area contributed by atoms with Crippen molar-refractivity contribution < 1.29 is 9.90 Å². The number of carbonyl (C=O) groups excluding carboxylic acids is 1. The van der Waals surface area contributed by atoms with Gasteiger partial charge in [0.25, 0.3) is 0 Å². The van der Waals surface area contributed by atoms with Crippen molar-refractivity contribution in [2.24, 2.45) is 0 Å². The second-order valence-corrected chi connectivity index (χ2v) is 6.05. The molecule has 0 aliphatic carbocycles. The van der Waals surface area contributed by atoms with Crippen LogP contribution in [0.3, 0.4) is 0 Å². The minimum absolute atomic E-state index is 0.0463. The zero-order valence-corrected chi connectivity index (χ0v) is 13.7. The largest absolute Gasteiger partial charge is 0.392 e. The number of hydrogen-bond acceptors (Lipinski definition) is 4. The number of thiazole rings is 1. The Kier molecular flexibility index (Phi) is 5.20. The maximum Gasteiger partial charge on any atom is 0.319 e. The molecule has 0 spiro atoms. The second kappa shape index (κ2) is 7.72. The number of carbonyl (C=O) groups is 1. The van der Waals surface area contributed by atoms with Crippen LogP contribution in [0.1, 0.15) is 11.1 Å². The van der Waals surface area contributed by atoms with Crippen LogP contribution in [0.2, 0.25) is 0 Å². The van der Waals surface area contributed by atoms with Crippen molar-refractivity contribution in [1.82, 2.24) is 10.3 Å². The van der Waals surface area contributed by atoms with Crippen LogP contribution in [0, 0.1) is 0 Å². The second-order valence-electron chi connectivity index (χ2n) is 5.15. The lowest BCUT2D eigenvalue weighted by atomic mass is 10.1. The van der Waals surface area contributed by atoms with Crippen LogP contribution in [0.15, 0.2) is 60.1 Å². The number of hydrogen-bond donors (Lipinski definition) is 3. The highest BCUT2D eigenvalue weighted by atomic mass is 32.1. The molecule has 0 atom stereocenters. The van der Waals surface area contributed by atoms with Gasteiger partial charge in [-0.3, -0.25) is 0 Å². The monoisotopic (exact) mass is 339 g/mol. The van der Waals surface area contributed by atoms with Crippen molar-refractivity contribution in [2.75, 3.05) is 5.32 Å². The molecule has 0 unspecified atom stereocenters. The molecule has 6 heteroatoms. The van der Waals surface area contributed by atoms with Crippen LogP contribution in [-0.2, 0) is 13.2 Å². The fourth-order valence-electron chi connectivity index (χ4n) is 2.33. The van der Waals surface area contributed by atoms with Crippen LogP contribution < -0.4 is 10.6 Å². The third-order valence-corrected chi connectivity index (χ3v) is 4.35. The number of aliphatic hydroxyl groups excluding tert-OH is 1. The first-order valence-corrected chi connectivity index (χ1v) is 8.36. The van der Waals surface area contributed by atoms with E-state index in [-0.39, 0.29) is 12.6 Å². The van der Waals surface area contributed by atoms with Gasteiger partial charge in [0, 0.05) is 29.4 Å². The first-order valence-electron chi connectivity index (χ1n) is 7.48. The highest BCUT2D eigenvalue weighted by Gasteiger charge is 2.06. The smallest absolute Gasteiger partial charge is 0.319 e. The molecule has 3 aromatic rings. The van der Waals surface area contributed by atoms with E-state index in [9.17, 15) is 9.90 Å². The van der Waals surface area contributed by atoms with E-state index in [1.165, 1.54) is 0 Å². The maximum atomic E-state index is 12.1. The van der Waals surface area contributed by atoms with Crippen molar-refractivity contribution in [1.29, 1.82) is 0 Å². The summed E-state index contributed by atoms with van der Waals surface area (Å²) in [6.45, 7) is 0.310. The Morgan fingerprint density at radius 2 is 1.96 bits per heavy atom. The van der Waals surface area contributed by atoms with Crippen molar-refractivity contribution in [3.63, 3.8) is 0 Å². The molecule has 0 saturated heterocycles. The highest BCUT2D eigenvalue weighted by Crippen LogP contribution is 2.24. The number of urea groups is 1. The van der Waals surface area contributed by atoms with Gasteiger partial charge in [-0.25, -0.2) is 9.78 Å². The van der Waals surface area contributed by atoms with Crippen LogP contribution in [0.25, 0.3) is 10.6 Å². The summed E-state index contributed by atoms with van der Waals surface area (Å²) in [6.07, 6.45) is 1.76. The van der Waals surface area contributed by atoms with Gasteiger partial charge in [-0.1, -0.05) is 36.4 Å². The number of rotatable bonds is 5. The van der Waals surface area contributed by atoms with Gasteiger partial charge < -0.3 is 15.7 Å². The molecule has 1 heterocycles. The van der Waals surface area contributed by atoms with Gasteiger partial charge in [-0.05, 0) is 23.3 Å². The van der Waals surface area contributed by atoms with E-state index in [0.29, 0.717) is 12.2 Å². The van der Waals surface area contributed by atoms with Gasteiger partial charge in [0.05, 0.1) is 6.61 Å². The van der Waals surface area contributed by atoms with E-state index in [2.05, 4.69) is 15.6 Å². The molecular formula is C18H17N3O2S. The molecule has 0 radical (unpaired) electrons. The predicted octanol–water partition coefficient (Wildman–Crippen LogP) is 3.62. The Labute approximate surface area is 144 Å². The van der Waals surface area contributed by atoms with Gasteiger partial charge in [0.1, 0.15) is 5.01 Å². The first kappa shape index (κ1) is 16.2. The minimum Gasteiger partial charge on any atom is -0.392 e. The summed E-state index contributed by atoms with van der Waals surface area (Å²) in [5, 5.41) is 17.8. The molecule has 5 nitrogen and oxygen atoms in total. The fraction of sp³-hybridized carbons (Fsp3) is 0.111. The molecule has 0 fully saturated rings.